The molecule has 0 spiro atoms. The molecule has 0 unspecified atom stereocenters. The van der Waals surface area contributed by atoms with Crippen LogP contribution < -0.4 is 5.32 Å². The van der Waals surface area contributed by atoms with E-state index < -0.39 is 0 Å². The van der Waals surface area contributed by atoms with Gasteiger partial charge in [-0.05, 0) is 31.0 Å². The molecule has 0 amide bonds. The SMILES string of the molecule is CCCC(=O)OCCCNCc1ccccc1Cl. The van der Waals surface area contributed by atoms with Crippen LogP contribution in [0.2, 0.25) is 5.02 Å². The molecule has 0 saturated heterocycles. The Morgan fingerprint density at radius 3 is 2.89 bits per heavy atom. The summed E-state index contributed by atoms with van der Waals surface area (Å²) in [5, 5.41) is 4.05. The third-order valence-corrected chi connectivity index (χ3v) is 2.86. The number of nitrogens with one attached hydrogen (secondary N) is 1. The molecule has 18 heavy (non-hydrogen) atoms. The van der Waals surface area contributed by atoms with Crippen molar-refractivity contribution in [2.75, 3.05) is 13.2 Å². The van der Waals surface area contributed by atoms with Crippen LogP contribution in [0.4, 0.5) is 0 Å². The predicted octanol–water partition coefficient (Wildman–Crippen LogP) is 3.16. The average Bonchev–Trinajstić information content (AvgIpc) is 2.36. The minimum atomic E-state index is -0.108. The zero-order valence-corrected chi connectivity index (χ0v) is 11.5. The van der Waals surface area contributed by atoms with Gasteiger partial charge in [-0.3, -0.25) is 4.79 Å². The van der Waals surface area contributed by atoms with Crippen molar-refractivity contribution in [3.05, 3.63) is 34.9 Å². The van der Waals surface area contributed by atoms with Gasteiger partial charge in [-0.1, -0.05) is 36.7 Å². The molecule has 4 heteroatoms. The van der Waals surface area contributed by atoms with Crippen LogP contribution in [0.3, 0.4) is 0 Å². The van der Waals surface area contributed by atoms with Gasteiger partial charge in [0.15, 0.2) is 0 Å². The lowest BCUT2D eigenvalue weighted by molar-refractivity contribution is -0.143. The monoisotopic (exact) mass is 269 g/mol. The summed E-state index contributed by atoms with van der Waals surface area (Å²) in [6.45, 7) is 3.99. The summed E-state index contributed by atoms with van der Waals surface area (Å²) in [4.78, 5) is 11.1. The van der Waals surface area contributed by atoms with E-state index in [1.165, 1.54) is 0 Å². The summed E-state index contributed by atoms with van der Waals surface area (Å²) in [7, 11) is 0. The van der Waals surface area contributed by atoms with Crippen LogP contribution in [0, 0.1) is 0 Å². The van der Waals surface area contributed by atoms with Gasteiger partial charge < -0.3 is 10.1 Å². The van der Waals surface area contributed by atoms with E-state index in [0.717, 1.165) is 36.5 Å². The maximum Gasteiger partial charge on any atom is 0.305 e. The molecule has 0 atom stereocenters. The van der Waals surface area contributed by atoms with Gasteiger partial charge >= 0.3 is 5.97 Å². The second-order valence-electron chi connectivity index (χ2n) is 4.09. The number of rotatable bonds is 8. The summed E-state index contributed by atoms with van der Waals surface area (Å²) in [5.74, 6) is -0.108. The van der Waals surface area contributed by atoms with Crippen molar-refractivity contribution in [3.8, 4) is 0 Å². The number of carbonyl (C=O) groups is 1. The van der Waals surface area contributed by atoms with Crippen LogP contribution >= 0.6 is 11.6 Å². The lowest BCUT2D eigenvalue weighted by atomic mass is 10.2. The first kappa shape index (κ1) is 15.0. The van der Waals surface area contributed by atoms with Gasteiger partial charge in [0, 0.05) is 18.0 Å². The van der Waals surface area contributed by atoms with Gasteiger partial charge in [0.1, 0.15) is 0 Å². The minimum Gasteiger partial charge on any atom is -0.466 e. The zero-order valence-electron chi connectivity index (χ0n) is 10.7. The van der Waals surface area contributed by atoms with Gasteiger partial charge in [-0.15, -0.1) is 0 Å². The summed E-state index contributed by atoms with van der Waals surface area (Å²) in [6.07, 6.45) is 2.16. The maximum atomic E-state index is 11.1. The second kappa shape index (κ2) is 8.95. The lowest BCUT2D eigenvalue weighted by Gasteiger charge is -2.07. The molecule has 1 rings (SSSR count). The number of hydrogen-bond acceptors (Lipinski definition) is 3. The van der Waals surface area contributed by atoms with E-state index in [2.05, 4.69) is 5.32 Å². The largest absolute Gasteiger partial charge is 0.466 e. The van der Waals surface area contributed by atoms with E-state index in [0.29, 0.717) is 13.0 Å². The van der Waals surface area contributed by atoms with Crippen LogP contribution in [0.1, 0.15) is 31.7 Å². The van der Waals surface area contributed by atoms with E-state index in [-0.39, 0.29) is 5.97 Å². The number of halogens is 1. The van der Waals surface area contributed by atoms with Gasteiger partial charge in [0.2, 0.25) is 0 Å². The van der Waals surface area contributed by atoms with Gasteiger partial charge in [0.05, 0.1) is 6.61 Å². The number of benzene rings is 1. The molecule has 0 aromatic heterocycles. The molecule has 0 aliphatic carbocycles. The highest BCUT2D eigenvalue weighted by Gasteiger charge is 2.00. The highest BCUT2D eigenvalue weighted by Crippen LogP contribution is 2.14. The third-order valence-electron chi connectivity index (χ3n) is 2.49. The molecule has 0 heterocycles. The highest BCUT2D eigenvalue weighted by molar-refractivity contribution is 6.31. The van der Waals surface area contributed by atoms with Crippen molar-refractivity contribution in [1.82, 2.24) is 5.32 Å². The molecule has 1 aromatic rings. The molecule has 3 nitrogen and oxygen atoms in total. The Morgan fingerprint density at radius 2 is 2.17 bits per heavy atom. The Labute approximate surface area is 113 Å². The van der Waals surface area contributed by atoms with E-state index in [4.69, 9.17) is 16.3 Å². The van der Waals surface area contributed by atoms with Gasteiger partial charge in [-0.2, -0.15) is 0 Å². The molecular weight excluding hydrogens is 250 g/mol. The lowest BCUT2D eigenvalue weighted by Crippen LogP contribution is -2.17. The fraction of sp³-hybridized carbons (Fsp3) is 0.500. The number of esters is 1. The van der Waals surface area contributed by atoms with Crippen molar-refractivity contribution < 1.29 is 9.53 Å². The zero-order chi connectivity index (χ0) is 13.2. The first-order chi connectivity index (χ1) is 8.74. The summed E-state index contributed by atoms with van der Waals surface area (Å²) < 4.78 is 5.05. The van der Waals surface area contributed by atoms with Crippen LogP contribution in [-0.4, -0.2) is 19.1 Å². The quantitative estimate of drug-likeness (QED) is 0.582. The molecule has 0 aliphatic rings. The number of ether oxygens (including phenoxy) is 1. The molecule has 100 valence electrons. The Hall–Kier alpha value is -1.06. The molecule has 1 N–H and O–H groups in total. The Kier molecular flexibility index (Phi) is 7.46. The second-order valence-corrected chi connectivity index (χ2v) is 4.50. The molecule has 0 fully saturated rings. The van der Waals surface area contributed by atoms with E-state index in [1.807, 2.05) is 31.2 Å². The normalized spacial score (nSPS) is 10.3. The van der Waals surface area contributed by atoms with E-state index >= 15 is 0 Å². The number of carbonyl (C=O) groups excluding carboxylic acids is 1. The van der Waals surface area contributed by atoms with Crippen molar-refractivity contribution in [2.45, 2.75) is 32.7 Å². The van der Waals surface area contributed by atoms with Crippen molar-refractivity contribution in [3.63, 3.8) is 0 Å². The summed E-state index contributed by atoms with van der Waals surface area (Å²) in [6, 6.07) is 7.76. The molecule has 0 radical (unpaired) electrons. The van der Waals surface area contributed by atoms with E-state index in [1.54, 1.807) is 0 Å². The fourth-order valence-electron chi connectivity index (χ4n) is 1.52. The van der Waals surface area contributed by atoms with Gasteiger partial charge in [-0.25, -0.2) is 0 Å². The van der Waals surface area contributed by atoms with Crippen molar-refractivity contribution in [1.29, 1.82) is 0 Å². The Balaban J connectivity index is 2.06. The van der Waals surface area contributed by atoms with Gasteiger partial charge in [0.25, 0.3) is 0 Å². The van der Waals surface area contributed by atoms with E-state index in [9.17, 15) is 4.79 Å². The highest BCUT2D eigenvalue weighted by atomic mass is 35.5. The summed E-state index contributed by atoms with van der Waals surface area (Å²) >= 11 is 6.03. The number of hydrogen-bond donors (Lipinski definition) is 1. The Morgan fingerprint density at radius 1 is 1.39 bits per heavy atom. The van der Waals surface area contributed by atoms with Crippen LogP contribution in [-0.2, 0) is 16.1 Å². The fourth-order valence-corrected chi connectivity index (χ4v) is 1.73. The topological polar surface area (TPSA) is 38.3 Å². The summed E-state index contributed by atoms with van der Waals surface area (Å²) in [5.41, 5.74) is 1.09. The third kappa shape index (κ3) is 6.03. The van der Waals surface area contributed by atoms with Crippen LogP contribution in [0.15, 0.2) is 24.3 Å². The molecule has 0 saturated carbocycles. The van der Waals surface area contributed by atoms with Crippen LogP contribution in [0.25, 0.3) is 0 Å². The average molecular weight is 270 g/mol. The molecular formula is C14H20ClNO2. The molecule has 1 aromatic carbocycles. The molecule has 0 aliphatic heterocycles. The molecule has 0 bridgehead atoms. The van der Waals surface area contributed by atoms with Crippen LogP contribution in [0.5, 0.6) is 0 Å². The Bertz CT molecular complexity index is 369. The smallest absolute Gasteiger partial charge is 0.305 e. The maximum absolute atomic E-state index is 11.1. The minimum absolute atomic E-state index is 0.108. The standard InChI is InChI=1S/C14H20ClNO2/c1-2-6-14(17)18-10-5-9-16-11-12-7-3-4-8-13(12)15/h3-4,7-8,16H,2,5-6,9-11H2,1H3. The van der Waals surface area contributed by atoms with Crippen molar-refractivity contribution in [2.24, 2.45) is 0 Å². The first-order valence-corrected chi connectivity index (χ1v) is 6.71. The predicted molar refractivity (Wildman–Crippen MR) is 73.6 cm³/mol. The first-order valence-electron chi connectivity index (χ1n) is 6.33. The van der Waals surface area contributed by atoms with Crippen molar-refractivity contribution >= 4 is 17.6 Å².